The molecule has 0 saturated carbocycles. The molecule has 3 aromatic rings. The number of hydrogen-bond donors (Lipinski definition) is 1. The van der Waals surface area contributed by atoms with Crippen molar-refractivity contribution in [1.29, 1.82) is 0 Å². The number of hydrogen-bond acceptors (Lipinski definition) is 4. The molecule has 1 aliphatic rings. The molecule has 160 valence electrons. The second-order valence-electron chi connectivity index (χ2n) is 7.14. The van der Waals surface area contributed by atoms with E-state index in [1.54, 1.807) is 0 Å². The lowest BCUT2D eigenvalue weighted by atomic mass is 9.98. The second kappa shape index (κ2) is 9.36. The van der Waals surface area contributed by atoms with Crippen molar-refractivity contribution in [1.82, 2.24) is 5.32 Å². The lowest BCUT2D eigenvalue weighted by Crippen LogP contribution is -2.26. The Morgan fingerprint density at radius 3 is 2.28 bits per heavy atom. The number of nitrogens with one attached hydrogen (secondary N) is 1. The first kappa shape index (κ1) is 21.1. The number of carbonyl (C=O) groups excluding carboxylic acids is 2. The normalized spacial score (nSPS) is 11.6. The van der Waals surface area contributed by atoms with Crippen molar-refractivity contribution in [3.63, 3.8) is 0 Å². The van der Waals surface area contributed by atoms with Gasteiger partial charge in [0.1, 0.15) is 6.61 Å². The maximum absolute atomic E-state index is 14.3. The van der Waals surface area contributed by atoms with E-state index < -0.39 is 17.9 Å². The molecule has 0 spiro atoms. The number of fused-ring (bicyclic) bond motifs is 3. The van der Waals surface area contributed by atoms with Gasteiger partial charge in [0.2, 0.25) is 0 Å². The van der Waals surface area contributed by atoms with E-state index in [-0.39, 0.29) is 30.2 Å². The Balaban J connectivity index is 1.35. The number of amides is 1. The zero-order valence-electron chi connectivity index (χ0n) is 17.4. The quantitative estimate of drug-likeness (QED) is 0.490. The van der Waals surface area contributed by atoms with Gasteiger partial charge in [-0.15, -0.1) is 0 Å². The van der Waals surface area contributed by atoms with E-state index >= 15 is 0 Å². The summed E-state index contributed by atoms with van der Waals surface area (Å²) in [5.41, 5.74) is 4.41. The minimum absolute atomic E-state index is 0.0292. The monoisotopic (exact) mass is 429 g/mol. The number of esters is 1. The van der Waals surface area contributed by atoms with Crippen LogP contribution in [-0.4, -0.2) is 32.3 Å². The second-order valence-corrected chi connectivity index (χ2v) is 7.14. The molecule has 0 bridgehead atoms. The Kier molecular flexibility index (Phi) is 6.18. The molecule has 1 N–H and O–H groups in total. The molecule has 0 heterocycles. The molecule has 6 heteroatoms. The first-order chi connectivity index (χ1) is 15.6. The van der Waals surface area contributed by atoms with Gasteiger partial charge in [0, 0.05) is 5.92 Å². The largest absolute Gasteiger partial charge is 0.465 e. The van der Waals surface area contributed by atoms with Crippen LogP contribution in [0.4, 0.5) is 9.18 Å². The van der Waals surface area contributed by atoms with Crippen LogP contribution in [0, 0.1) is 17.7 Å². The van der Waals surface area contributed by atoms with Crippen molar-refractivity contribution in [2.75, 3.05) is 20.3 Å². The summed E-state index contributed by atoms with van der Waals surface area (Å²) in [7, 11) is 1.18. The summed E-state index contributed by atoms with van der Waals surface area (Å²) in [6, 6.07) is 20.4. The Morgan fingerprint density at radius 1 is 0.969 bits per heavy atom. The lowest BCUT2D eigenvalue weighted by molar-refractivity contribution is 0.0595. The smallest absolute Gasteiger partial charge is 0.407 e. The van der Waals surface area contributed by atoms with E-state index in [0.29, 0.717) is 0 Å². The molecule has 32 heavy (non-hydrogen) atoms. The zero-order chi connectivity index (χ0) is 22.5. The molecule has 4 rings (SSSR count). The number of alkyl carbamates (subject to hydrolysis) is 1. The third-order valence-corrected chi connectivity index (χ3v) is 5.29. The summed E-state index contributed by atoms with van der Waals surface area (Å²) in [5.74, 6) is 3.71. The SMILES string of the molecule is COC(=O)c1cccc(C#CCNC(=O)OCC2c3ccccc3-c3ccccc32)c1F. The standard InChI is InChI=1S/C26H20FNO4/c1-31-25(29)22-14-6-8-17(24(22)27)9-7-15-28-26(30)32-16-23-20-12-4-2-10-18(20)19-11-3-5-13-21(19)23/h2-6,8,10-14,23H,15-16H2,1H3,(H,28,30). The van der Waals surface area contributed by atoms with Crippen molar-refractivity contribution in [2.24, 2.45) is 0 Å². The molecule has 0 aliphatic heterocycles. The van der Waals surface area contributed by atoms with Gasteiger partial charge in [-0.25, -0.2) is 14.0 Å². The fourth-order valence-corrected chi connectivity index (χ4v) is 3.80. The molecule has 0 fully saturated rings. The Hall–Kier alpha value is -4.11. The van der Waals surface area contributed by atoms with E-state index in [1.807, 2.05) is 36.4 Å². The van der Waals surface area contributed by atoms with E-state index in [9.17, 15) is 14.0 Å². The van der Waals surface area contributed by atoms with Gasteiger partial charge in [-0.05, 0) is 34.4 Å². The topological polar surface area (TPSA) is 64.6 Å². The van der Waals surface area contributed by atoms with Crippen LogP contribution in [0.2, 0.25) is 0 Å². The van der Waals surface area contributed by atoms with Gasteiger partial charge in [0.05, 0.1) is 24.8 Å². The predicted molar refractivity (Wildman–Crippen MR) is 118 cm³/mol. The van der Waals surface area contributed by atoms with Gasteiger partial charge < -0.3 is 14.8 Å². The highest BCUT2D eigenvalue weighted by Gasteiger charge is 2.28. The van der Waals surface area contributed by atoms with Crippen LogP contribution in [0.15, 0.2) is 66.7 Å². The van der Waals surface area contributed by atoms with E-state index in [1.165, 1.54) is 25.3 Å². The fraction of sp³-hybridized carbons (Fsp3) is 0.154. The molecular formula is C26H20FNO4. The van der Waals surface area contributed by atoms with Gasteiger partial charge >= 0.3 is 12.1 Å². The number of rotatable bonds is 4. The highest BCUT2D eigenvalue weighted by molar-refractivity contribution is 5.90. The number of methoxy groups -OCH3 is 1. The average Bonchev–Trinajstić information content (AvgIpc) is 3.14. The van der Waals surface area contributed by atoms with Crippen molar-refractivity contribution >= 4 is 12.1 Å². The van der Waals surface area contributed by atoms with E-state index in [2.05, 4.69) is 34.0 Å². The van der Waals surface area contributed by atoms with Crippen LogP contribution < -0.4 is 5.32 Å². The molecule has 5 nitrogen and oxygen atoms in total. The summed E-state index contributed by atoms with van der Waals surface area (Å²) < 4.78 is 24.3. The first-order valence-electron chi connectivity index (χ1n) is 10.0. The first-order valence-corrected chi connectivity index (χ1v) is 10.0. The summed E-state index contributed by atoms with van der Waals surface area (Å²) in [6.45, 7) is 0.168. The molecule has 1 amide bonds. The van der Waals surface area contributed by atoms with Crippen molar-refractivity contribution in [3.05, 3.63) is 94.8 Å². The predicted octanol–water partition coefficient (Wildman–Crippen LogP) is 4.50. The van der Waals surface area contributed by atoms with Gasteiger partial charge in [0.15, 0.2) is 5.82 Å². The maximum Gasteiger partial charge on any atom is 0.407 e. The van der Waals surface area contributed by atoms with Gasteiger partial charge in [-0.3, -0.25) is 0 Å². The number of carbonyl (C=O) groups is 2. The number of halogens is 1. The minimum atomic E-state index is -0.775. The fourth-order valence-electron chi connectivity index (χ4n) is 3.80. The highest BCUT2D eigenvalue weighted by atomic mass is 19.1. The van der Waals surface area contributed by atoms with E-state index in [0.717, 1.165) is 22.3 Å². The molecular weight excluding hydrogens is 409 g/mol. The maximum atomic E-state index is 14.3. The summed E-state index contributed by atoms with van der Waals surface area (Å²) in [6.07, 6.45) is -0.607. The highest BCUT2D eigenvalue weighted by Crippen LogP contribution is 2.44. The van der Waals surface area contributed by atoms with Crippen LogP contribution in [0.25, 0.3) is 11.1 Å². The lowest BCUT2D eigenvalue weighted by Gasteiger charge is -2.14. The van der Waals surface area contributed by atoms with Gasteiger partial charge in [-0.1, -0.05) is 66.4 Å². The van der Waals surface area contributed by atoms with Gasteiger partial charge in [-0.2, -0.15) is 0 Å². The Morgan fingerprint density at radius 2 is 1.62 bits per heavy atom. The van der Waals surface area contributed by atoms with Crippen molar-refractivity contribution < 1.29 is 23.5 Å². The molecule has 0 saturated heterocycles. The minimum Gasteiger partial charge on any atom is -0.465 e. The van der Waals surface area contributed by atoms with Crippen molar-refractivity contribution in [3.8, 4) is 23.0 Å². The number of ether oxygens (including phenoxy) is 2. The molecule has 0 atom stereocenters. The van der Waals surface area contributed by atoms with Gasteiger partial charge in [0.25, 0.3) is 0 Å². The third kappa shape index (κ3) is 4.19. The summed E-state index contributed by atoms with van der Waals surface area (Å²) in [5, 5.41) is 2.54. The van der Waals surface area contributed by atoms with Crippen LogP contribution in [0.1, 0.15) is 33.0 Å². The number of benzene rings is 3. The molecule has 0 radical (unpaired) electrons. The molecule has 0 aromatic heterocycles. The Bertz CT molecular complexity index is 1200. The third-order valence-electron chi connectivity index (χ3n) is 5.29. The molecule has 0 unspecified atom stereocenters. The summed E-state index contributed by atoms with van der Waals surface area (Å²) in [4.78, 5) is 23.7. The molecule has 3 aromatic carbocycles. The van der Waals surface area contributed by atoms with Crippen LogP contribution >= 0.6 is 0 Å². The summed E-state index contributed by atoms with van der Waals surface area (Å²) >= 11 is 0. The molecule has 1 aliphatic carbocycles. The Labute approximate surface area is 185 Å². The van der Waals surface area contributed by atoms with E-state index in [4.69, 9.17) is 4.74 Å². The van der Waals surface area contributed by atoms with Crippen LogP contribution in [0.5, 0.6) is 0 Å². The van der Waals surface area contributed by atoms with Crippen molar-refractivity contribution in [2.45, 2.75) is 5.92 Å². The van der Waals surface area contributed by atoms with Crippen LogP contribution in [-0.2, 0) is 9.47 Å². The van der Waals surface area contributed by atoms with Crippen LogP contribution in [0.3, 0.4) is 0 Å². The zero-order valence-corrected chi connectivity index (χ0v) is 17.4. The average molecular weight is 429 g/mol.